The second-order valence-corrected chi connectivity index (χ2v) is 7.20. The van der Waals surface area contributed by atoms with E-state index in [1.54, 1.807) is 18.3 Å². The lowest BCUT2D eigenvalue weighted by Gasteiger charge is -2.05. The number of hydrogen-bond acceptors (Lipinski definition) is 5. The molecule has 0 radical (unpaired) electrons. The van der Waals surface area contributed by atoms with Crippen molar-refractivity contribution in [1.82, 2.24) is 4.98 Å². The van der Waals surface area contributed by atoms with E-state index in [4.69, 9.17) is 0 Å². The van der Waals surface area contributed by atoms with Gasteiger partial charge < -0.3 is 5.32 Å². The van der Waals surface area contributed by atoms with Crippen LogP contribution in [0.4, 0.5) is 11.5 Å². The molecule has 0 atom stereocenters. The van der Waals surface area contributed by atoms with Crippen molar-refractivity contribution >= 4 is 39.1 Å². The van der Waals surface area contributed by atoms with Gasteiger partial charge in [0.05, 0.1) is 11.1 Å². The van der Waals surface area contributed by atoms with Crippen LogP contribution in [0, 0.1) is 0 Å². The van der Waals surface area contributed by atoms with Gasteiger partial charge >= 0.3 is 0 Å². The molecule has 0 aliphatic rings. The van der Waals surface area contributed by atoms with Gasteiger partial charge in [-0.2, -0.15) is 12.8 Å². The highest BCUT2D eigenvalue weighted by atomic mass is 32.2. The van der Waals surface area contributed by atoms with E-state index in [0.29, 0.717) is 5.82 Å². The fraction of sp³-hybridized carbons (Fsp3) is 0. The number of rotatable bonds is 5. The molecule has 3 aromatic rings. The Morgan fingerprint density at radius 1 is 1.04 bits per heavy atom. The van der Waals surface area contributed by atoms with E-state index in [0.717, 1.165) is 10.6 Å². The van der Waals surface area contributed by atoms with Crippen molar-refractivity contribution in [3.05, 3.63) is 71.1 Å². The normalized spacial score (nSPS) is 11.7. The van der Waals surface area contributed by atoms with Crippen LogP contribution < -0.4 is 5.32 Å². The second-order valence-electron chi connectivity index (χ2n) is 4.59. The first-order chi connectivity index (χ1) is 11.1. The lowest BCUT2D eigenvalue weighted by Crippen LogP contribution is -1.98. The van der Waals surface area contributed by atoms with Gasteiger partial charge in [0, 0.05) is 16.8 Å². The summed E-state index contributed by atoms with van der Waals surface area (Å²) in [5.41, 5.74) is 0.755. The zero-order chi connectivity index (χ0) is 16.1. The van der Waals surface area contributed by atoms with Crippen LogP contribution in [-0.4, -0.2) is 19.6 Å². The standard InChI is InChI=1S/C16H13N3O2S2/c20-23(21,18-12-14-4-3-11-22-14)15-8-6-13(7-9-15)19-16-5-1-2-10-17-16/h1-12H,(H,17,19)/b18-12-. The summed E-state index contributed by atoms with van der Waals surface area (Å²) in [5.74, 6) is 0.693. The number of sulfonamides is 1. The van der Waals surface area contributed by atoms with Crippen LogP contribution in [0.2, 0.25) is 0 Å². The third-order valence-corrected chi connectivity index (χ3v) is 5.01. The molecule has 0 saturated heterocycles. The predicted octanol–water partition coefficient (Wildman–Crippen LogP) is 3.69. The Kier molecular flexibility index (Phi) is 4.50. The molecule has 3 rings (SSSR count). The van der Waals surface area contributed by atoms with Crippen LogP contribution in [0.25, 0.3) is 0 Å². The van der Waals surface area contributed by atoms with Crippen LogP contribution in [0.15, 0.2) is 75.5 Å². The van der Waals surface area contributed by atoms with Gasteiger partial charge in [-0.1, -0.05) is 12.1 Å². The largest absolute Gasteiger partial charge is 0.340 e. The van der Waals surface area contributed by atoms with E-state index in [-0.39, 0.29) is 4.90 Å². The average Bonchev–Trinajstić information content (AvgIpc) is 3.08. The molecule has 23 heavy (non-hydrogen) atoms. The molecule has 1 N–H and O–H groups in total. The number of nitrogens with zero attached hydrogens (tertiary/aromatic N) is 2. The summed E-state index contributed by atoms with van der Waals surface area (Å²) < 4.78 is 28.0. The minimum Gasteiger partial charge on any atom is -0.340 e. The average molecular weight is 343 g/mol. The van der Waals surface area contributed by atoms with E-state index in [9.17, 15) is 8.42 Å². The van der Waals surface area contributed by atoms with Gasteiger partial charge in [0.15, 0.2) is 0 Å². The summed E-state index contributed by atoms with van der Waals surface area (Å²) >= 11 is 1.43. The highest BCUT2D eigenvalue weighted by Crippen LogP contribution is 2.19. The lowest BCUT2D eigenvalue weighted by molar-refractivity contribution is 0.598. The first kappa shape index (κ1) is 15.4. The summed E-state index contributed by atoms with van der Waals surface area (Å²) in [7, 11) is -3.69. The number of nitrogens with one attached hydrogen (secondary N) is 1. The minimum absolute atomic E-state index is 0.150. The molecular weight excluding hydrogens is 330 g/mol. The Bertz CT molecular complexity index is 888. The van der Waals surface area contributed by atoms with Gasteiger partial charge in [0.25, 0.3) is 10.0 Å². The van der Waals surface area contributed by atoms with Gasteiger partial charge in [-0.05, 0) is 47.8 Å². The smallest absolute Gasteiger partial charge is 0.282 e. The van der Waals surface area contributed by atoms with E-state index in [1.807, 2.05) is 35.7 Å². The molecule has 7 heteroatoms. The van der Waals surface area contributed by atoms with Crippen LogP contribution in [0.1, 0.15) is 4.88 Å². The van der Waals surface area contributed by atoms with Crippen molar-refractivity contribution in [1.29, 1.82) is 0 Å². The summed E-state index contributed by atoms with van der Waals surface area (Å²) in [6.45, 7) is 0. The summed E-state index contributed by atoms with van der Waals surface area (Å²) in [5, 5.41) is 4.96. The Morgan fingerprint density at radius 2 is 1.87 bits per heavy atom. The van der Waals surface area contributed by atoms with Crippen molar-refractivity contribution in [2.24, 2.45) is 4.40 Å². The Labute approximate surface area is 138 Å². The van der Waals surface area contributed by atoms with Crippen LogP contribution in [-0.2, 0) is 10.0 Å². The van der Waals surface area contributed by atoms with Gasteiger partial charge in [0.1, 0.15) is 5.82 Å². The van der Waals surface area contributed by atoms with Gasteiger partial charge in [-0.25, -0.2) is 4.98 Å². The van der Waals surface area contributed by atoms with Crippen molar-refractivity contribution in [2.45, 2.75) is 4.90 Å². The second kappa shape index (κ2) is 6.72. The molecule has 2 aromatic heterocycles. The Hall–Kier alpha value is -2.51. The van der Waals surface area contributed by atoms with E-state index < -0.39 is 10.0 Å². The number of thiophene rings is 1. The van der Waals surface area contributed by atoms with E-state index in [1.165, 1.54) is 29.7 Å². The van der Waals surface area contributed by atoms with Crippen LogP contribution in [0.3, 0.4) is 0 Å². The third kappa shape index (κ3) is 4.02. The molecule has 0 aliphatic carbocycles. The van der Waals surface area contributed by atoms with Crippen molar-refractivity contribution in [3.63, 3.8) is 0 Å². The number of benzene rings is 1. The molecular formula is C16H13N3O2S2. The molecule has 0 amide bonds. The molecule has 1 aromatic carbocycles. The fourth-order valence-corrected chi connectivity index (χ4v) is 3.35. The predicted molar refractivity (Wildman–Crippen MR) is 93.1 cm³/mol. The summed E-state index contributed by atoms with van der Waals surface area (Å²) in [6.07, 6.45) is 3.04. The molecule has 0 fully saturated rings. The molecule has 116 valence electrons. The Balaban J connectivity index is 1.76. The SMILES string of the molecule is O=S(=O)(/N=C\c1cccs1)c1ccc(Nc2ccccn2)cc1. The topological polar surface area (TPSA) is 71.4 Å². The maximum atomic E-state index is 12.2. The molecule has 2 heterocycles. The molecule has 0 spiro atoms. The zero-order valence-electron chi connectivity index (χ0n) is 12.0. The van der Waals surface area contributed by atoms with E-state index >= 15 is 0 Å². The number of anilines is 2. The number of hydrogen-bond donors (Lipinski definition) is 1. The number of pyridine rings is 1. The van der Waals surface area contributed by atoms with Crippen molar-refractivity contribution in [2.75, 3.05) is 5.32 Å². The first-order valence-corrected chi connectivity index (χ1v) is 9.07. The molecule has 0 aliphatic heterocycles. The van der Waals surface area contributed by atoms with Crippen molar-refractivity contribution in [3.8, 4) is 0 Å². The zero-order valence-corrected chi connectivity index (χ0v) is 13.6. The van der Waals surface area contributed by atoms with Gasteiger partial charge in [0.2, 0.25) is 0 Å². The van der Waals surface area contributed by atoms with Crippen LogP contribution in [0.5, 0.6) is 0 Å². The summed E-state index contributed by atoms with van der Waals surface area (Å²) in [6, 6.07) is 15.6. The lowest BCUT2D eigenvalue weighted by atomic mass is 10.3. The van der Waals surface area contributed by atoms with E-state index in [2.05, 4.69) is 14.7 Å². The third-order valence-electron chi connectivity index (χ3n) is 2.95. The maximum absolute atomic E-state index is 12.2. The van der Waals surface area contributed by atoms with Crippen LogP contribution >= 0.6 is 11.3 Å². The highest BCUT2D eigenvalue weighted by molar-refractivity contribution is 7.90. The van der Waals surface area contributed by atoms with Gasteiger partial charge in [-0.15, -0.1) is 11.3 Å². The number of aromatic nitrogens is 1. The minimum atomic E-state index is -3.69. The maximum Gasteiger partial charge on any atom is 0.282 e. The molecule has 0 bridgehead atoms. The first-order valence-electron chi connectivity index (χ1n) is 6.75. The monoisotopic (exact) mass is 343 g/mol. The summed E-state index contributed by atoms with van der Waals surface area (Å²) in [4.78, 5) is 5.09. The molecule has 5 nitrogen and oxygen atoms in total. The fourth-order valence-electron chi connectivity index (χ4n) is 1.84. The quantitative estimate of drug-likeness (QED) is 0.717. The highest BCUT2D eigenvalue weighted by Gasteiger charge is 2.11. The molecule has 0 unspecified atom stereocenters. The molecule has 0 saturated carbocycles. The van der Waals surface area contributed by atoms with Crippen molar-refractivity contribution < 1.29 is 8.42 Å². The Morgan fingerprint density at radius 3 is 2.52 bits per heavy atom. The van der Waals surface area contributed by atoms with Gasteiger partial charge in [-0.3, -0.25) is 0 Å².